The average molecular weight is 325 g/mol. The molecule has 1 rings (SSSR count). The van der Waals surface area contributed by atoms with E-state index in [9.17, 15) is 4.21 Å². The number of nitrogens with one attached hydrogen (secondary N) is 1. The third kappa shape index (κ3) is 4.95. The topological polar surface area (TPSA) is 29.1 Å². The highest BCUT2D eigenvalue weighted by Crippen LogP contribution is 2.22. The Labute approximate surface area is 112 Å². The Balaban J connectivity index is 2.32. The Morgan fingerprint density at radius 2 is 2.25 bits per heavy atom. The minimum atomic E-state index is -0.686. The van der Waals surface area contributed by atoms with Crippen LogP contribution in [0.15, 0.2) is 22.7 Å². The fourth-order valence-corrected chi connectivity index (χ4v) is 2.42. The first kappa shape index (κ1) is 14.2. The smallest absolute Gasteiger partial charge is 0.0548 e. The van der Waals surface area contributed by atoms with E-state index in [1.807, 2.05) is 25.1 Å². The minimum absolute atomic E-state index is 0.686. The fraction of sp³-hybridized carbons (Fsp3) is 0.455. The molecule has 16 heavy (non-hydrogen) atoms. The second kappa shape index (κ2) is 7.43. The van der Waals surface area contributed by atoms with Crippen LogP contribution in [0.3, 0.4) is 0 Å². The van der Waals surface area contributed by atoms with Crippen LogP contribution in [-0.2, 0) is 17.3 Å². The zero-order valence-electron chi connectivity index (χ0n) is 9.13. The predicted molar refractivity (Wildman–Crippen MR) is 74.4 cm³/mol. The van der Waals surface area contributed by atoms with Crippen molar-refractivity contribution in [2.75, 3.05) is 18.1 Å². The summed E-state index contributed by atoms with van der Waals surface area (Å²) in [7, 11) is -0.686. The standard InChI is InChI=1S/C11H15BrClNOS/c1-2-16(15)6-5-14-8-9-3-4-11(13)10(12)7-9/h3-4,7,14H,2,5-6,8H2,1H3. The van der Waals surface area contributed by atoms with Gasteiger partial charge in [0.15, 0.2) is 0 Å². The summed E-state index contributed by atoms with van der Waals surface area (Å²) in [5.74, 6) is 1.44. The largest absolute Gasteiger partial charge is 0.312 e. The van der Waals surface area contributed by atoms with Crippen LogP contribution < -0.4 is 5.32 Å². The highest BCUT2D eigenvalue weighted by molar-refractivity contribution is 9.10. The summed E-state index contributed by atoms with van der Waals surface area (Å²) in [5, 5.41) is 3.97. The van der Waals surface area contributed by atoms with Gasteiger partial charge in [-0.2, -0.15) is 0 Å². The van der Waals surface area contributed by atoms with E-state index in [2.05, 4.69) is 21.2 Å². The molecule has 0 aliphatic heterocycles. The van der Waals surface area contributed by atoms with Crippen LogP contribution in [0.4, 0.5) is 0 Å². The molecule has 0 aliphatic rings. The van der Waals surface area contributed by atoms with Crippen LogP contribution in [-0.4, -0.2) is 22.3 Å². The zero-order chi connectivity index (χ0) is 12.0. The molecule has 0 spiro atoms. The van der Waals surface area contributed by atoms with Crippen molar-refractivity contribution in [1.82, 2.24) is 5.32 Å². The predicted octanol–water partition coefficient (Wildman–Crippen LogP) is 2.96. The van der Waals surface area contributed by atoms with Crippen molar-refractivity contribution in [2.24, 2.45) is 0 Å². The molecular weight excluding hydrogens is 310 g/mol. The maximum Gasteiger partial charge on any atom is 0.0548 e. The molecule has 1 unspecified atom stereocenters. The third-order valence-electron chi connectivity index (χ3n) is 2.14. The minimum Gasteiger partial charge on any atom is -0.312 e. The lowest BCUT2D eigenvalue weighted by atomic mass is 10.2. The summed E-state index contributed by atoms with van der Waals surface area (Å²) >= 11 is 9.28. The molecule has 5 heteroatoms. The summed E-state index contributed by atoms with van der Waals surface area (Å²) < 4.78 is 12.1. The van der Waals surface area contributed by atoms with Crippen molar-refractivity contribution in [3.8, 4) is 0 Å². The number of benzene rings is 1. The van der Waals surface area contributed by atoms with Crippen molar-refractivity contribution in [1.29, 1.82) is 0 Å². The second-order valence-electron chi connectivity index (χ2n) is 3.36. The van der Waals surface area contributed by atoms with E-state index < -0.39 is 10.8 Å². The Morgan fingerprint density at radius 3 is 2.88 bits per heavy atom. The summed E-state index contributed by atoms with van der Waals surface area (Å²) in [5.41, 5.74) is 1.17. The maximum absolute atomic E-state index is 11.2. The molecule has 0 radical (unpaired) electrons. The summed E-state index contributed by atoms with van der Waals surface area (Å²) in [4.78, 5) is 0. The van der Waals surface area contributed by atoms with Gasteiger partial charge in [0, 0.05) is 39.9 Å². The second-order valence-corrected chi connectivity index (χ2v) is 6.48. The molecule has 1 aromatic rings. The Bertz CT molecular complexity index is 373. The molecule has 1 N–H and O–H groups in total. The van der Waals surface area contributed by atoms with E-state index in [0.29, 0.717) is 5.75 Å². The Hall–Kier alpha value is 0.1000. The summed E-state index contributed by atoms with van der Waals surface area (Å²) in [6, 6.07) is 5.84. The highest BCUT2D eigenvalue weighted by Gasteiger charge is 1.99. The van der Waals surface area contributed by atoms with Gasteiger partial charge in [0.05, 0.1) is 5.02 Å². The molecule has 0 fully saturated rings. The lowest BCUT2D eigenvalue weighted by Crippen LogP contribution is -2.20. The summed E-state index contributed by atoms with van der Waals surface area (Å²) in [6.07, 6.45) is 0. The number of halogens is 2. The molecule has 0 amide bonds. The van der Waals surface area contributed by atoms with E-state index >= 15 is 0 Å². The van der Waals surface area contributed by atoms with Gasteiger partial charge in [-0.05, 0) is 33.6 Å². The lowest BCUT2D eigenvalue weighted by molar-refractivity contribution is 0.674. The van der Waals surface area contributed by atoms with Gasteiger partial charge in [0.25, 0.3) is 0 Å². The van der Waals surface area contributed by atoms with Crippen molar-refractivity contribution in [2.45, 2.75) is 13.5 Å². The van der Waals surface area contributed by atoms with Gasteiger partial charge in [0.1, 0.15) is 0 Å². The molecule has 0 bridgehead atoms. The molecule has 1 atom stereocenters. The van der Waals surface area contributed by atoms with Crippen LogP contribution in [0.5, 0.6) is 0 Å². The number of rotatable bonds is 6. The summed E-state index contributed by atoms with van der Waals surface area (Å²) in [6.45, 7) is 3.49. The van der Waals surface area contributed by atoms with Gasteiger partial charge in [-0.1, -0.05) is 24.6 Å². The first-order valence-corrected chi connectivity index (χ1v) is 7.79. The molecule has 1 aromatic carbocycles. The molecule has 90 valence electrons. The molecule has 0 aromatic heterocycles. The lowest BCUT2D eigenvalue weighted by Gasteiger charge is -2.05. The van der Waals surface area contributed by atoms with E-state index in [1.165, 1.54) is 5.56 Å². The number of hydrogen-bond acceptors (Lipinski definition) is 2. The fourth-order valence-electron chi connectivity index (χ4n) is 1.21. The SMILES string of the molecule is CCS(=O)CCNCc1ccc(Cl)c(Br)c1. The van der Waals surface area contributed by atoms with Crippen molar-refractivity contribution < 1.29 is 4.21 Å². The maximum atomic E-state index is 11.2. The van der Waals surface area contributed by atoms with Crippen LogP contribution in [0.2, 0.25) is 5.02 Å². The van der Waals surface area contributed by atoms with E-state index in [1.54, 1.807) is 0 Å². The Morgan fingerprint density at radius 1 is 1.50 bits per heavy atom. The third-order valence-corrected chi connectivity index (χ3v) is 4.66. The molecular formula is C11H15BrClNOS. The highest BCUT2D eigenvalue weighted by atomic mass is 79.9. The van der Waals surface area contributed by atoms with Crippen LogP contribution in [0.25, 0.3) is 0 Å². The molecule has 0 heterocycles. The van der Waals surface area contributed by atoms with Gasteiger partial charge < -0.3 is 5.32 Å². The number of hydrogen-bond donors (Lipinski definition) is 1. The first-order chi connectivity index (χ1) is 7.63. The van der Waals surface area contributed by atoms with Crippen LogP contribution in [0, 0.1) is 0 Å². The average Bonchev–Trinajstić information content (AvgIpc) is 2.28. The van der Waals surface area contributed by atoms with Crippen molar-refractivity contribution >= 4 is 38.3 Å². The van der Waals surface area contributed by atoms with Gasteiger partial charge in [0.2, 0.25) is 0 Å². The van der Waals surface area contributed by atoms with E-state index in [0.717, 1.165) is 28.3 Å². The van der Waals surface area contributed by atoms with Gasteiger partial charge in [-0.15, -0.1) is 0 Å². The normalized spacial score (nSPS) is 12.7. The van der Waals surface area contributed by atoms with Crippen molar-refractivity contribution in [3.63, 3.8) is 0 Å². The molecule has 2 nitrogen and oxygen atoms in total. The van der Waals surface area contributed by atoms with Crippen LogP contribution >= 0.6 is 27.5 Å². The Kier molecular flexibility index (Phi) is 6.58. The van der Waals surface area contributed by atoms with Gasteiger partial charge in [-0.25, -0.2) is 0 Å². The first-order valence-electron chi connectivity index (χ1n) is 5.13. The van der Waals surface area contributed by atoms with Crippen LogP contribution in [0.1, 0.15) is 12.5 Å². The van der Waals surface area contributed by atoms with E-state index in [-0.39, 0.29) is 0 Å². The molecule has 0 aliphatic carbocycles. The van der Waals surface area contributed by atoms with Gasteiger partial charge in [-0.3, -0.25) is 4.21 Å². The zero-order valence-corrected chi connectivity index (χ0v) is 12.3. The quantitative estimate of drug-likeness (QED) is 0.815. The monoisotopic (exact) mass is 323 g/mol. The molecule has 0 saturated carbocycles. The van der Waals surface area contributed by atoms with Crippen molar-refractivity contribution in [3.05, 3.63) is 33.3 Å². The van der Waals surface area contributed by atoms with E-state index in [4.69, 9.17) is 11.6 Å². The molecule has 0 saturated heterocycles. The van der Waals surface area contributed by atoms with Gasteiger partial charge >= 0.3 is 0 Å².